The van der Waals surface area contributed by atoms with E-state index in [0.717, 1.165) is 9.47 Å². The summed E-state index contributed by atoms with van der Waals surface area (Å²) >= 11 is 1.22. The third kappa shape index (κ3) is 3.97. The molecule has 0 bridgehead atoms. The number of ether oxygens (including phenoxy) is 1. The van der Waals surface area contributed by atoms with Gasteiger partial charge in [0.2, 0.25) is 5.91 Å². The van der Waals surface area contributed by atoms with Crippen LogP contribution in [0, 0.1) is 0 Å². The summed E-state index contributed by atoms with van der Waals surface area (Å²) in [7, 11) is 0. The number of aliphatic carboxylic acids is 1. The van der Waals surface area contributed by atoms with Crippen molar-refractivity contribution in [3.8, 4) is 5.88 Å². The second kappa shape index (κ2) is 7.99. The number of β-lactam (4-membered cyclic amide) rings is 1. The molecule has 11 nitrogen and oxygen atoms in total. The standard InChI is InChI=1S/C17H17N3O8S/c1-8(21)28-6-9-7-29-16-13(15(25)20(16)14(9)17(26)27)18-10(22)5-19-11(23)3-2-4-12(19)24/h2-4,13,16,23H,5-7H2,1H3,(H,18,22)(H,26,27)/t13-,16-/m1/s1. The molecule has 0 radical (unpaired) electrons. The highest BCUT2D eigenvalue weighted by atomic mass is 32.2. The molecule has 2 amide bonds. The summed E-state index contributed by atoms with van der Waals surface area (Å²) in [6, 6.07) is 2.79. The summed E-state index contributed by atoms with van der Waals surface area (Å²) in [5.74, 6) is -3.41. The van der Waals surface area contributed by atoms with Gasteiger partial charge in [0.25, 0.3) is 11.5 Å². The molecule has 1 aromatic rings. The zero-order valence-electron chi connectivity index (χ0n) is 15.2. The van der Waals surface area contributed by atoms with Gasteiger partial charge in [-0.25, -0.2) is 4.79 Å². The molecule has 2 aliphatic rings. The largest absolute Gasteiger partial charge is 0.494 e. The lowest BCUT2D eigenvalue weighted by atomic mass is 10.0. The molecule has 2 atom stereocenters. The maximum Gasteiger partial charge on any atom is 0.352 e. The second-order valence-electron chi connectivity index (χ2n) is 6.30. The smallest absolute Gasteiger partial charge is 0.352 e. The Morgan fingerprint density at radius 1 is 1.31 bits per heavy atom. The SMILES string of the molecule is CC(=O)OCC1=C(C(=O)O)N2C(=O)[C@@H](NC(=O)Cn3c(O)cccc3=O)[C@H]2SC1. The maximum atomic E-state index is 12.5. The van der Waals surface area contributed by atoms with Gasteiger partial charge in [0.15, 0.2) is 5.88 Å². The van der Waals surface area contributed by atoms with E-state index in [1.165, 1.54) is 36.9 Å². The molecule has 0 aromatic carbocycles. The van der Waals surface area contributed by atoms with Crippen LogP contribution in [0.25, 0.3) is 0 Å². The van der Waals surface area contributed by atoms with E-state index in [-0.39, 0.29) is 23.6 Å². The molecule has 0 saturated carbocycles. The molecule has 1 fully saturated rings. The Kier molecular flexibility index (Phi) is 5.64. The summed E-state index contributed by atoms with van der Waals surface area (Å²) in [6.07, 6.45) is 0. The lowest BCUT2D eigenvalue weighted by Gasteiger charge is -2.49. The van der Waals surface area contributed by atoms with Gasteiger partial charge in [0.05, 0.1) is 0 Å². The van der Waals surface area contributed by atoms with E-state index in [0.29, 0.717) is 0 Å². The average molecular weight is 423 g/mol. The minimum Gasteiger partial charge on any atom is -0.494 e. The fourth-order valence-electron chi connectivity index (χ4n) is 3.01. The molecule has 154 valence electrons. The highest BCUT2D eigenvalue weighted by molar-refractivity contribution is 8.00. The van der Waals surface area contributed by atoms with Crippen molar-refractivity contribution >= 4 is 35.5 Å². The molecule has 0 aliphatic carbocycles. The quantitative estimate of drug-likeness (QED) is 0.380. The van der Waals surface area contributed by atoms with Gasteiger partial charge in [-0.05, 0) is 6.07 Å². The van der Waals surface area contributed by atoms with Gasteiger partial charge < -0.3 is 20.3 Å². The number of nitrogens with one attached hydrogen (secondary N) is 1. The van der Waals surface area contributed by atoms with Crippen LogP contribution in [-0.2, 0) is 30.5 Å². The van der Waals surface area contributed by atoms with Crippen LogP contribution in [0.4, 0.5) is 0 Å². The molecule has 3 N–H and O–H groups in total. The summed E-state index contributed by atoms with van der Waals surface area (Å²) in [5, 5.41) is 21.0. The van der Waals surface area contributed by atoms with Gasteiger partial charge in [0, 0.05) is 24.3 Å². The van der Waals surface area contributed by atoms with Crippen LogP contribution >= 0.6 is 11.8 Å². The summed E-state index contributed by atoms with van der Waals surface area (Å²) in [5.41, 5.74) is -0.560. The fraction of sp³-hybridized carbons (Fsp3) is 0.353. The topological polar surface area (TPSA) is 155 Å². The predicted molar refractivity (Wildman–Crippen MR) is 98.7 cm³/mol. The average Bonchev–Trinajstić information content (AvgIpc) is 2.66. The third-order valence-corrected chi connectivity index (χ3v) is 5.68. The number of esters is 1. The monoisotopic (exact) mass is 423 g/mol. The van der Waals surface area contributed by atoms with E-state index in [9.17, 15) is 34.2 Å². The highest BCUT2D eigenvalue weighted by Gasteiger charge is 2.54. The van der Waals surface area contributed by atoms with Crippen molar-refractivity contribution in [2.75, 3.05) is 12.4 Å². The number of pyridine rings is 1. The number of hydrogen-bond donors (Lipinski definition) is 3. The zero-order valence-corrected chi connectivity index (χ0v) is 16.0. The Labute approximate surface area is 167 Å². The van der Waals surface area contributed by atoms with Crippen LogP contribution in [0.15, 0.2) is 34.3 Å². The van der Waals surface area contributed by atoms with Crippen molar-refractivity contribution in [3.05, 3.63) is 39.8 Å². The molecule has 12 heteroatoms. The number of carboxylic acids is 1. The number of carbonyl (C=O) groups excluding carboxylic acids is 3. The van der Waals surface area contributed by atoms with Crippen LogP contribution < -0.4 is 10.9 Å². The van der Waals surface area contributed by atoms with Crippen molar-refractivity contribution < 1.29 is 34.1 Å². The number of aromatic nitrogens is 1. The van der Waals surface area contributed by atoms with Crippen molar-refractivity contribution in [1.29, 1.82) is 0 Å². The van der Waals surface area contributed by atoms with Crippen LogP contribution in [0.1, 0.15) is 6.92 Å². The Bertz CT molecular complexity index is 985. The first kappa shape index (κ1) is 20.5. The van der Waals surface area contributed by atoms with Gasteiger partial charge in [-0.1, -0.05) is 6.07 Å². The van der Waals surface area contributed by atoms with Crippen LogP contribution in [0.2, 0.25) is 0 Å². The number of nitrogens with zero attached hydrogens (tertiary/aromatic N) is 2. The molecule has 0 spiro atoms. The van der Waals surface area contributed by atoms with Gasteiger partial charge in [-0.2, -0.15) is 0 Å². The van der Waals surface area contributed by atoms with Crippen molar-refractivity contribution in [2.24, 2.45) is 0 Å². The number of carbonyl (C=O) groups is 4. The molecular formula is C17H17N3O8S. The Balaban J connectivity index is 1.72. The fourth-order valence-corrected chi connectivity index (χ4v) is 4.34. The van der Waals surface area contributed by atoms with E-state index >= 15 is 0 Å². The van der Waals surface area contributed by atoms with Gasteiger partial charge in [-0.3, -0.25) is 28.6 Å². The van der Waals surface area contributed by atoms with Gasteiger partial charge in [-0.15, -0.1) is 11.8 Å². The Hall–Kier alpha value is -3.28. The van der Waals surface area contributed by atoms with E-state index in [1.807, 2.05) is 0 Å². The molecule has 2 aliphatic heterocycles. The zero-order chi connectivity index (χ0) is 21.3. The molecule has 0 unspecified atom stereocenters. The van der Waals surface area contributed by atoms with Gasteiger partial charge >= 0.3 is 11.9 Å². The molecule has 1 saturated heterocycles. The molecular weight excluding hydrogens is 406 g/mol. The molecule has 1 aromatic heterocycles. The number of fused-ring (bicyclic) bond motifs is 1. The van der Waals surface area contributed by atoms with E-state index in [2.05, 4.69) is 5.32 Å². The van der Waals surface area contributed by atoms with Crippen molar-refractivity contribution in [2.45, 2.75) is 24.9 Å². The number of hydrogen-bond acceptors (Lipinski definition) is 8. The third-order valence-electron chi connectivity index (χ3n) is 4.34. The summed E-state index contributed by atoms with van der Waals surface area (Å²) in [4.78, 5) is 60.2. The van der Waals surface area contributed by atoms with Crippen LogP contribution in [0.3, 0.4) is 0 Å². The number of amides is 2. The number of rotatable bonds is 6. The molecule has 3 heterocycles. The predicted octanol–water partition coefficient (Wildman–Crippen LogP) is -1.14. The maximum absolute atomic E-state index is 12.5. The first-order valence-corrected chi connectivity index (χ1v) is 9.47. The normalized spacial score (nSPS) is 20.6. The lowest BCUT2D eigenvalue weighted by Crippen LogP contribution is -2.70. The van der Waals surface area contributed by atoms with Crippen molar-refractivity contribution in [3.63, 3.8) is 0 Å². The van der Waals surface area contributed by atoms with Crippen molar-refractivity contribution in [1.82, 2.24) is 14.8 Å². The van der Waals surface area contributed by atoms with Gasteiger partial charge in [0.1, 0.15) is 30.3 Å². The summed E-state index contributed by atoms with van der Waals surface area (Å²) < 4.78 is 5.68. The van der Waals surface area contributed by atoms with E-state index in [1.54, 1.807) is 0 Å². The Morgan fingerprint density at radius 2 is 2.03 bits per heavy atom. The molecule has 29 heavy (non-hydrogen) atoms. The minimum absolute atomic E-state index is 0.203. The second-order valence-corrected chi connectivity index (χ2v) is 7.41. The highest BCUT2D eigenvalue weighted by Crippen LogP contribution is 2.40. The van der Waals surface area contributed by atoms with E-state index < -0.39 is 53.2 Å². The first-order chi connectivity index (χ1) is 13.7. The minimum atomic E-state index is -1.34. The number of aromatic hydroxyl groups is 1. The number of carboxylic acid groups (broad SMARTS) is 1. The molecule has 3 rings (SSSR count). The lowest BCUT2D eigenvalue weighted by molar-refractivity contribution is -0.151. The Morgan fingerprint density at radius 3 is 2.66 bits per heavy atom. The summed E-state index contributed by atoms with van der Waals surface area (Å²) in [6.45, 7) is 0.454. The van der Waals surface area contributed by atoms with Crippen LogP contribution in [-0.4, -0.2) is 67.2 Å². The number of thioether (sulfide) groups is 1. The van der Waals surface area contributed by atoms with Crippen LogP contribution in [0.5, 0.6) is 5.88 Å². The first-order valence-electron chi connectivity index (χ1n) is 8.42. The van der Waals surface area contributed by atoms with E-state index in [4.69, 9.17) is 4.74 Å².